The van der Waals surface area contributed by atoms with Crippen molar-refractivity contribution >= 4 is 0 Å². The lowest BCUT2D eigenvalue weighted by molar-refractivity contribution is 0.123. The summed E-state index contributed by atoms with van der Waals surface area (Å²) < 4.78 is 5.90. The summed E-state index contributed by atoms with van der Waals surface area (Å²) in [6, 6.07) is 4.70. The van der Waals surface area contributed by atoms with Gasteiger partial charge in [0.1, 0.15) is 5.60 Å². The first-order valence-electron chi connectivity index (χ1n) is 7.22. The zero-order valence-corrected chi connectivity index (χ0v) is 13.2. The van der Waals surface area contributed by atoms with Crippen molar-refractivity contribution in [3.05, 3.63) is 23.4 Å². The molecule has 0 atom stereocenters. The first kappa shape index (κ1) is 16.0. The molecule has 0 unspecified atom stereocenters. The van der Waals surface area contributed by atoms with Gasteiger partial charge in [0.05, 0.1) is 0 Å². The van der Waals surface area contributed by atoms with Crippen molar-refractivity contribution < 1.29 is 4.74 Å². The molecule has 0 aliphatic carbocycles. The molecule has 3 heteroatoms. The van der Waals surface area contributed by atoms with Crippen molar-refractivity contribution in [2.75, 3.05) is 0 Å². The molecule has 0 bridgehead atoms. The van der Waals surface area contributed by atoms with Crippen LogP contribution in [0.2, 0.25) is 0 Å². The maximum absolute atomic E-state index is 5.90. The highest BCUT2D eigenvalue weighted by Gasteiger charge is 2.14. The Hall–Kier alpha value is -1.09. The number of hydrogen-bond donors (Lipinski definition) is 1. The van der Waals surface area contributed by atoms with Crippen LogP contribution in [0.15, 0.2) is 12.1 Å². The van der Waals surface area contributed by atoms with Gasteiger partial charge < -0.3 is 10.1 Å². The minimum atomic E-state index is -0.208. The summed E-state index contributed by atoms with van der Waals surface area (Å²) in [5, 5.41) is 3.44. The number of ether oxygens (including phenoxy) is 1. The Morgan fingerprint density at radius 2 is 1.95 bits per heavy atom. The Bertz CT molecular complexity index is 394. The van der Waals surface area contributed by atoms with Crippen LogP contribution in [0.4, 0.5) is 0 Å². The van der Waals surface area contributed by atoms with Gasteiger partial charge in [-0.05, 0) is 38.8 Å². The van der Waals surface area contributed by atoms with Crippen LogP contribution in [-0.2, 0) is 13.0 Å². The van der Waals surface area contributed by atoms with E-state index in [1.54, 1.807) is 0 Å². The molecule has 0 saturated heterocycles. The number of aryl methyl sites for hydroxylation is 1. The smallest absolute Gasteiger partial charge is 0.214 e. The highest BCUT2D eigenvalue weighted by atomic mass is 16.5. The van der Waals surface area contributed by atoms with Crippen molar-refractivity contribution in [2.24, 2.45) is 0 Å². The van der Waals surface area contributed by atoms with Crippen LogP contribution < -0.4 is 10.1 Å². The second-order valence-electron chi connectivity index (χ2n) is 6.31. The Kier molecular flexibility index (Phi) is 5.80. The zero-order valence-electron chi connectivity index (χ0n) is 13.2. The van der Waals surface area contributed by atoms with E-state index in [2.05, 4.69) is 37.1 Å². The predicted molar refractivity (Wildman–Crippen MR) is 80.6 cm³/mol. The normalized spacial score (nSPS) is 11.9. The topological polar surface area (TPSA) is 34.1 Å². The average Bonchev–Trinajstić information content (AvgIpc) is 2.24. The molecule has 3 nitrogen and oxygen atoms in total. The Balaban J connectivity index is 2.90. The summed E-state index contributed by atoms with van der Waals surface area (Å²) in [7, 11) is 0. The van der Waals surface area contributed by atoms with Crippen LogP contribution in [0.5, 0.6) is 5.88 Å². The largest absolute Gasteiger partial charge is 0.472 e. The Labute approximate surface area is 117 Å². The monoisotopic (exact) mass is 264 g/mol. The van der Waals surface area contributed by atoms with E-state index in [-0.39, 0.29) is 5.60 Å². The average molecular weight is 264 g/mol. The fourth-order valence-corrected chi connectivity index (χ4v) is 1.79. The Morgan fingerprint density at radius 3 is 2.47 bits per heavy atom. The highest BCUT2D eigenvalue weighted by molar-refractivity contribution is 5.26. The third kappa shape index (κ3) is 6.58. The van der Waals surface area contributed by atoms with Gasteiger partial charge in [-0.1, -0.05) is 27.2 Å². The molecule has 19 heavy (non-hydrogen) atoms. The van der Waals surface area contributed by atoms with Crippen LogP contribution in [0.1, 0.15) is 59.2 Å². The number of nitrogens with one attached hydrogen (secondary N) is 1. The number of nitrogens with zero attached hydrogens (tertiary/aromatic N) is 1. The van der Waals surface area contributed by atoms with Crippen LogP contribution in [0, 0.1) is 0 Å². The van der Waals surface area contributed by atoms with Gasteiger partial charge in [-0.3, -0.25) is 0 Å². The maximum atomic E-state index is 5.90. The van der Waals surface area contributed by atoms with Gasteiger partial charge in [0.15, 0.2) is 0 Å². The maximum Gasteiger partial charge on any atom is 0.214 e. The third-order valence-electron chi connectivity index (χ3n) is 2.55. The molecule has 1 aromatic heterocycles. The van der Waals surface area contributed by atoms with Gasteiger partial charge >= 0.3 is 0 Å². The number of rotatable bonds is 6. The predicted octanol–water partition coefficient (Wildman–Crippen LogP) is 3.71. The van der Waals surface area contributed by atoms with Crippen LogP contribution in [0.25, 0.3) is 0 Å². The zero-order chi connectivity index (χ0) is 14.5. The number of aromatic nitrogens is 1. The fourth-order valence-electron chi connectivity index (χ4n) is 1.79. The van der Waals surface area contributed by atoms with Crippen LogP contribution in [0.3, 0.4) is 0 Å². The minimum absolute atomic E-state index is 0.208. The molecule has 0 saturated carbocycles. The molecule has 0 spiro atoms. The van der Waals surface area contributed by atoms with Crippen molar-refractivity contribution in [1.29, 1.82) is 0 Å². The summed E-state index contributed by atoms with van der Waals surface area (Å²) in [4.78, 5) is 4.59. The van der Waals surface area contributed by atoms with Gasteiger partial charge in [0.25, 0.3) is 0 Å². The van der Waals surface area contributed by atoms with Gasteiger partial charge in [0, 0.05) is 24.3 Å². The second kappa shape index (κ2) is 6.90. The molecule has 0 radical (unpaired) electrons. The first-order valence-corrected chi connectivity index (χ1v) is 7.22. The van der Waals surface area contributed by atoms with Gasteiger partial charge in [-0.2, -0.15) is 0 Å². The lowest BCUT2D eigenvalue weighted by Crippen LogP contribution is -2.25. The van der Waals surface area contributed by atoms with Crippen molar-refractivity contribution in [3.8, 4) is 5.88 Å². The second-order valence-corrected chi connectivity index (χ2v) is 6.31. The van der Waals surface area contributed by atoms with E-state index in [0.29, 0.717) is 6.04 Å². The van der Waals surface area contributed by atoms with E-state index < -0.39 is 0 Å². The first-order chi connectivity index (χ1) is 8.80. The lowest BCUT2D eigenvalue weighted by Gasteiger charge is -2.21. The van der Waals surface area contributed by atoms with Crippen molar-refractivity contribution in [3.63, 3.8) is 0 Å². The third-order valence-corrected chi connectivity index (χ3v) is 2.55. The molecular weight excluding hydrogens is 236 g/mol. The van der Waals surface area contributed by atoms with Crippen LogP contribution >= 0.6 is 0 Å². The van der Waals surface area contributed by atoms with Crippen molar-refractivity contribution in [1.82, 2.24) is 10.3 Å². The number of pyridine rings is 1. The standard InChI is InChI=1S/C16H28N2O/c1-7-8-14-9-13(11-17-12(2)3)10-15(18-14)19-16(4,5)6/h9-10,12,17H,7-8,11H2,1-6H3. The van der Waals surface area contributed by atoms with Crippen LogP contribution in [-0.4, -0.2) is 16.6 Å². The minimum Gasteiger partial charge on any atom is -0.472 e. The summed E-state index contributed by atoms with van der Waals surface area (Å²) in [6.07, 6.45) is 2.10. The van der Waals surface area contributed by atoms with E-state index >= 15 is 0 Å². The summed E-state index contributed by atoms with van der Waals surface area (Å²) in [6.45, 7) is 13.5. The molecule has 0 fully saturated rings. The molecular formula is C16H28N2O. The molecule has 0 amide bonds. The molecule has 108 valence electrons. The summed E-state index contributed by atoms with van der Waals surface area (Å²) in [5.74, 6) is 0.735. The van der Waals surface area contributed by atoms with Crippen molar-refractivity contribution in [2.45, 2.75) is 72.6 Å². The highest BCUT2D eigenvalue weighted by Crippen LogP contribution is 2.19. The van der Waals surface area contributed by atoms with Gasteiger partial charge in [-0.15, -0.1) is 0 Å². The lowest BCUT2D eigenvalue weighted by atomic mass is 10.1. The van der Waals surface area contributed by atoms with Gasteiger partial charge in [-0.25, -0.2) is 4.98 Å². The summed E-state index contributed by atoms with van der Waals surface area (Å²) >= 11 is 0. The molecule has 1 aromatic rings. The Morgan fingerprint density at radius 1 is 1.26 bits per heavy atom. The fraction of sp³-hybridized carbons (Fsp3) is 0.688. The molecule has 0 aliphatic rings. The molecule has 1 heterocycles. The molecule has 1 N–H and O–H groups in total. The van der Waals surface area contributed by atoms with E-state index in [1.165, 1.54) is 5.56 Å². The van der Waals surface area contributed by atoms with E-state index in [1.807, 2.05) is 26.8 Å². The summed E-state index contributed by atoms with van der Waals surface area (Å²) in [5.41, 5.74) is 2.15. The van der Waals surface area contributed by atoms with E-state index in [0.717, 1.165) is 31.0 Å². The molecule has 0 aliphatic heterocycles. The van der Waals surface area contributed by atoms with E-state index in [4.69, 9.17) is 4.74 Å². The van der Waals surface area contributed by atoms with E-state index in [9.17, 15) is 0 Å². The molecule has 0 aromatic carbocycles. The molecule has 1 rings (SSSR count). The van der Waals surface area contributed by atoms with Gasteiger partial charge in [0.2, 0.25) is 5.88 Å². The SMILES string of the molecule is CCCc1cc(CNC(C)C)cc(OC(C)(C)C)n1. The number of hydrogen-bond acceptors (Lipinski definition) is 3. The quantitative estimate of drug-likeness (QED) is 0.850.